The predicted molar refractivity (Wildman–Crippen MR) is 64.3 cm³/mol. The van der Waals surface area contributed by atoms with Crippen LogP contribution in [0, 0.1) is 17.8 Å². The number of piperidine rings is 1. The standard InChI is InChI=1S/C13H22ClN/c14-9-10-3-5-15(6-4-10)13-8-11-1-2-12(13)7-11/h10-13H,1-9H2. The van der Waals surface area contributed by atoms with Crippen LogP contribution < -0.4 is 0 Å². The fourth-order valence-corrected chi connectivity index (χ4v) is 4.41. The summed E-state index contributed by atoms with van der Waals surface area (Å²) in [6.45, 7) is 2.65. The molecule has 0 aromatic carbocycles. The van der Waals surface area contributed by atoms with E-state index in [9.17, 15) is 0 Å². The second-order valence-corrected chi connectivity index (χ2v) is 6.18. The summed E-state index contributed by atoms with van der Waals surface area (Å²) in [5.41, 5.74) is 0. The Balaban J connectivity index is 1.56. The Kier molecular flexibility index (Phi) is 2.95. The van der Waals surface area contributed by atoms with Gasteiger partial charge in [-0.05, 0) is 62.9 Å². The number of rotatable bonds is 2. The predicted octanol–water partition coefficient (Wildman–Crippen LogP) is 3.13. The third kappa shape index (κ3) is 1.93. The smallest absolute Gasteiger partial charge is 0.0252 e. The van der Waals surface area contributed by atoms with Crippen LogP contribution in [0.2, 0.25) is 0 Å². The third-order valence-electron chi connectivity index (χ3n) is 5.04. The molecule has 0 spiro atoms. The molecule has 3 unspecified atom stereocenters. The number of nitrogens with zero attached hydrogens (tertiary/aromatic N) is 1. The van der Waals surface area contributed by atoms with Crippen molar-refractivity contribution in [2.24, 2.45) is 17.8 Å². The van der Waals surface area contributed by atoms with Crippen molar-refractivity contribution in [3.05, 3.63) is 0 Å². The summed E-state index contributed by atoms with van der Waals surface area (Å²) in [4.78, 5) is 2.78. The number of hydrogen-bond donors (Lipinski definition) is 0. The van der Waals surface area contributed by atoms with Gasteiger partial charge in [-0.15, -0.1) is 11.6 Å². The molecule has 0 N–H and O–H groups in total. The first kappa shape index (κ1) is 10.4. The van der Waals surface area contributed by atoms with Crippen molar-refractivity contribution in [2.45, 2.75) is 44.6 Å². The molecule has 2 bridgehead atoms. The van der Waals surface area contributed by atoms with Gasteiger partial charge in [0.25, 0.3) is 0 Å². The molecular weight excluding hydrogens is 206 g/mol. The van der Waals surface area contributed by atoms with E-state index >= 15 is 0 Å². The molecule has 86 valence electrons. The first-order valence-corrected chi connectivity index (χ1v) is 7.20. The summed E-state index contributed by atoms with van der Waals surface area (Å²) in [6, 6.07) is 0.958. The van der Waals surface area contributed by atoms with Gasteiger partial charge in [0.1, 0.15) is 0 Å². The topological polar surface area (TPSA) is 3.24 Å². The van der Waals surface area contributed by atoms with E-state index < -0.39 is 0 Å². The molecule has 2 heteroatoms. The highest BCUT2D eigenvalue weighted by molar-refractivity contribution is 6.18. The molecule has 3 fully saturated rings. The molecule has 3 rings (SSSR count). The summed E-state index contributed by atoms with van der Waals surface area (Å²) < 4.78 is 0. The monoisotopic (exact) mass is 227 g/mol. The number of hydrogen-bond acceptors (Lipinski definition) is 1. The van der Waals surface area contributed by atoms with Gasteiger partial charge in [0, 0.05) is 11.9 Å². The summed E-state index contributed by atoms with van der Waals surface area (Å²) in [5.74, 6) is 3.83. The maximum Gasteiger partial charge on any atom is 0.0252 e. The molecule has 0 aromatic rings. The Morgan fingerprint density at radius 1 is 1.00 bits per heavy atom. The summed E-state index contributed by atoms with van der Waals surface area (Å²) >= 11 is 5.93. The quantitative estimate of drug-likeness (QED) is 0.656. The minimum atomic E-state index is 0.807. The van der Waals surface area contributed by atoms with Crippen molar-refractivity contribution < 1.29 is 0 Å². The van der Waals surface area contributed by atoms with Gasteiger partial charge in [0.05, 0.1) is 0 Å². The summed E-state index contributed by atoms with van der Waals surface area (Å²) in [7, 11) is 0. The number of alkyl halides is 1. The molecule has 0 aromatic heterocycles. The lowest BCUT2D eigenvalue weighted by atomic mass is 9.90. The zero-order valence-electron chi connectivity index (χ0n) is 9.50. The van der Waals surface area contributed by atoms with Crippen LogP contribution in [0.1, 0.15) is 38.5 Å². The van der Waals surface area contributed by atoms with Crippen molar-refractivity contribution in [3.63, 3.8) is 0 Å². The molecule has 0 radical (unpaired) electrons. The highest BCUT2D eigenvalue weighted by Gasteiger charge is 2.42. The Bertz CT molecular complexity index is 223. The second kappa shape index (κ2) is 4.25. The van der Waals surface area contributed by atoms with Crippen molar-refractivity contribution in [2.75, 3.05) is 19.0 Å². The van der Waals surface area contributed by atoms with Gasteiger partial charge in [-0.1, -0.05) is 6.42 Å². The van der Waals surface area contributed by atoms with Crippen LogP contribution in [0.4, 0.5) is 0 Å². The zero-order valence-corrected chi connectivity index (χ0v) is 10.3. The van der Waals surface area contributed by atoms with Gasteiger partial charge < -0.3 is 4.90 Å². The molecular formula is C13H22ClN. The van der Waals surface area contributed by atoms with E-state index in [1.165, 1.54) is 45.2 Å². The normalized spacial score (nSPS) is 42.6. The number of halogens is 1. The van der Waals surface area contributed by atoms with Gasteiger partial charge >= 0.3 is 0 Å². The van der Waals surface area contributed by atoms with Gasteiger partial charge in [-0.3, -0.25) is 0 Å². The van der Waals surface area contributed by atoms with Crippen LogP contribution in [-0.2, 0) is 0 Å². The molecule has 1 heterocycles. The summed E-state index contributed by atoms with van der Waals surface area (Å²) in [5, 5.41) is 0. The molecule has 1 aliphatic heterocycles. The van der Waals surface area contributed by atoms with Crippen molar-refractivity contribution in [3.8, 4) is 0 Å². The highest BCUT2D eigenvalue weighted by atomic mass is 35.5. The van der Waals surface area contributed by atoms with Crippen molar-refractivity contribution in [1.29, 1.82) is 0 Å². The molecule has 1 nitrogen and oxygen atoms in total. The summed E-state index contributed by atoms with van der Waals surface area (Å²) in [6.07, 6.45) is 8.79. The van der Waals surface area contributed by atoms with Gasteiger partial charge in [0.15, 0.2) is 0 Å². The van der Waals surface area contributed by atoms with Gasteiger partial charge in [-0.2, -0.15) is 0 Å². The van der Waals surface area contributed by atoms with E-state index in [0.29, 0.717) is 0 Å². The Hall–Kier alpha value is 0.250. The SMILES string of the molecule is ClCC1CCN(C2CC3CCC2C3)CC1. The lowest BCUT2D eigenvalue weighted by Crippen LogP contribution is -2.44. The third-order valence-corrected chi connectivity index (χ3v) is 5.47. The van der Waals surface area contributed by atoms with Crippen LogP contribution in [0.25, 0.3) is 0 Å². The lowest BCUT2D eigenvalue weighted by Gasteiger charge is -2.39. The molecule has 2 aliphatic carbocycles. The number of likely N-dealkylation sites (tertiary alicyclic amines) is 1. The minimum absolute atomic E-state index is 0.807. The molecule has 2 saturated carbocycles. The largest absolute Gasteiger partial charge is 0.300 e. The Labute approximate surface area is 98.2 Å². The fraction of sp³-hybridized carbons (Fsp3) is 1.00. The van der Waals surface area contributed by atoms with Crippen LogP contribution in [0.15, 0.2) is 0 Å². The van der Waals surface area contributed by atoms with Crippen LogP contribution >= 0.6 is 11.6 Å². The molecule has 0 amide bonds. The lowest BCUT2D eigenvalue weighted by molar-refractivity contribution is 0.101. The van der Waals surface area contributed by atoms with Gasteiger partial charge in [0.2, 0.25) is 0 Å². The van der Waals surface area contributed by atoms with Crippen LogP contribution in [0.3, 0.4) is 0 Å². The minimum Gasteiger partial charge on any atom is -0.300 e. The average molecular weight is 228 g/mol. The average Bonchev–Trinajstić information content (AvgIpc) is 2.91. The van der Waals surface area contributed by atoms with Crippen molar-refractivity contribution >= 4 is 11.6 Å². The van der Waals surface area contributed by atoms with E-state index in [1.54, 1.807) is 6.42 Å². The maximum absolute atomic E-state index is 5.93. The Morgan fingerprint density at radius 2 is 1.80 bits per heavy atom. The van der Waals surface area contributed by atoms with Crippen LogP contribution in [0.5, 0.6) is 0 Å². The fourth-order valence-electron chi connectivity index (χ4n) is 4.10. The second-order valence-electron chi connectivity index (χ2n) is 5.88. The van der Waals surface area contributed by atoms with E-state index in [4.69, 9.17) is 11.6 Å². The molecule has 3 atom stereocenters. The first-order chi connectivity index (χ1) is 7.36. The molecule has 15 heavy (non-hydrogen) atoms. The Morgan fingerprint density at radius 3 is 2.33 bits per heavy atom. The molecule has 1 saturated heterocycles. The van der Waals surface area contributed by atoms with E-state index in [0.717, 1.165) is 29.7 Å². The van der Waals surface area contributed by atoms with Crippen LogP contribution in [-0.4, -0.2) is 29.9 Å². The first-order valence-electron chi connectivity index (χ1n) is 6.67. The number of fused-ring (bicyclic) bond motifs is 2. The van der Waals surface area contributed by atoms with E-state index in [-0.39, 0.29) is 0 Å². The maximum atomic E-state index is 5.93. The molecule has 3 aliphatic rings. The van der Waals surface area contributed by atoms with Crippen molar-refractivity contribution in [1.82, 2.24) is 4.90 Å². The van der Waals surface area contributed by atoms with E-state index in [1.807, 2.05) is 0 Å². The zero-order chi connectivity index (χ0) is 10.3. The van der Waals surface area contributed by atoms with Gasteiger partial charge in [-0.25, -0.2) is 0 Å². The highest BCUT2D eigenvalue weighted by Crippen LogP contribution is 2.47. The van der Waals surface area contributed by atoms with E-state index in [2.05, 4.69) is 4.90 Å².